The summed E-state index contributed by atoms with van der Waals surface area (Å²) in [5.41, 5.74) is 0. The number of piperidine rings is 1. The number of rotatable bonds is 4. The fourth-order valence-corrected chi connectivity index (χ4v) is 2.61. The molecule has 2 aliphatic rings. The molecule has 0 bridgehead atoms. The predicted octanol–water partition coefficient (Wildman–Crippen LogP) is 0.250. The highest BCUT2D eigenvalue weighted by Crippen LogP contribution is 2.18. The van der Waals surface area contributed by atoms with Crippen molar-refractivity contribution in [3.05, 3.63) is 0 Å². The van der Waals surface area contributed by atoms with Crippen LogP contribution in [0.25, 0.3) is 0 Å². The molecule has 0 aromatic carbocycles. The molecular weight excluding hydrogens is 232 g/mol. The monoisotopic (exact) mass is 256 g/mol. The van der Waals surface area contributed by atoms with Gasteiger partial charge < -0.3 is 19.7 Å². The quantitative estimate of drug-likeness (QED) is 0.783. The zero-order valence-electron chi connectivity index (χ0n) is 11.2. The molecule has 0 spiro atoms. The second-order valence-corrected chi connectivity index (χ2v) is 5.02. The number of carbonyl (C=O) groups is 1. The summed E-state index contributed by atoms with van der Waals surface area (Å²) in [6.45, 7) is 7.33. The van der Waals surface area contributed by atoms with Gasteiger partial charge in [0.2, 0.25) is 0 Å². The molecule has 2 atom stereocenters. The molecule has 2 aliphatic heterocycles. The van der Waals surface area contributed by atoms with Crippen molar-refractivity contribution in [1.29, 1.82) is 0 Å². The average Bonchev–Trinajstić information content (AvgIpc) is 2.45. The van der Waals surface area contributed by atoms with Gasteiger partial charge in [0.1, 0.15) is 6.10 Å². The third-order valence-corrected chi connectivity index (χ3v) is 3.59. The third kappa shape index (κ3) is 3.67. The lowest BCUT2D eigenvalue weighted by molar-refractivity contribution is -0.147. The first-order valence-electron chi connectivity index (χ1n) is 7.00. The van der Waals surface area contributed by atoms with Gasteiger partial charge in [-0.3, -0.25) is 4.79 Å². The Morgan fingerprint density at radius 1 is 1.56 bits per heavy atom. The molecule has 0 aliphatic carbocycles. The van der Waals surface area contributed by atoms with E-state index in [-0.39, 0.29) is 12.0 Å². The van der Waals surface area contributed by atoms with E-state index in [2.05, 4.69) is 5.32 Å². The standard InChI is InChI=1S/C13H24N2O3/c1-2-17-10-11-4-3-6-15(9-11)13(16)12-8-14-5-7-18-12/h11-12,14H,2-10H2,1H3/t11-,12-/m1/s1. The second-order valence-electron chi connectivity index (χ2n) is 5.02. The van der Waals surface area contributed by atoms with Crippen LogP contribution in [0.1, 0.15) is 19.8 Å². The minimum atomic E-state index is -0.287. The summed E-state index contributed by atoms with van der Waals surface area (Å²) in [5.74, 6) is 0.627. The summed E-state index contributed by atoms with van der Waals surface area (Å²) in [7, 11) is 0. The van der Waals surface area contributed by atoms with Crippen LogP contribution in [0.5, 0.6) is 0 Å². The van der Waals surface area contributed by atoms with E-state index in [1.165, 1.54) is 0 Å². The Bertz CT molecular complexity index is 267. The summed E-state index contributed by atoms with van der Waals surface area (Å²) in [6.07, 6.45) is 1.95. The van der Waals surface area contributed by atoms with E-state index in [9.17, 15) is 4.79 Å². The second kappa shape index (κ2) is 7.07. The van der Waals surface area contributed by atoms with Gasteiger partial charge in [-0.05, 0) is 25.7 Å². The molecule has 5 nitrogen and oxygen atoms in total. The van der Waals surface area contributed by atoms with Crippen LogP contribution in [-0.2, 0) is 14.3 Å². The smallest absolute Gasteiger partial charge is 0.253 e. The highest BCUT2D eigenvalue weighted by molar-refractivity contribution is 5.81. The van der Waals surface area contributed by atoms with Crippen molar-refractivity contribution in [3.63, 3.8) is 0 Å². The molecule has 2 saturated heterocycles. The number of morpholine rings is 1. The van der Waals surface area contributed by atoms with Crippen molar-refractivity contribution in [2.75, 3.05) is 46.0 Å². The molecule has 2 heterocycles. The van der Waals surface area contributed by atoms with Gasteiger partial charge in [0, 0.05) is 32.8 Å². The summed E-state index contributed by atoms with van der Waals surface area (Å²) >= 11 is 0. The topological polar surface area (TPSA) is 50.8 Å². The molecule has 0 aromatic rings. The molecule has 18 heavy (non-hydrogen) atoms. The predicted molar refractivity (Wildman–Crippen MR) is 68.4 cm³/mol. The van der Waals surface area contributed by atoms with Crippen molar-refractivity contribution in [3.8, 4) is 0 Å². The number of hydrogen-bond acceptors (Lipinski definition) is 4. The zero-order valence-corrected chi connectivity index (χ0v) is 11.2. The van der Waals surface area contributed by atoms with Crippen molar-refractivity contribution < 1.29 is 14.3 Å². The summed E-state index contributed by atoms with van der Waals surface area (Å²) in [4.78, 5) is 14.2. The first kappa shape index (κ1) is 13.8. The third-order valence-electron chi connectivity index (χ3n) is 3.59. The SMILES string of the molecule is CCOC[C@@H]1CCCN(C(=O)[C@H]2CNCCO2)C1. The Hall–Kier alpha value is -0.650. The number of hydrogen-bond donors (Lipinski definition) is 1. The van der Waals surface area contributed by atoms with E-state index in [0.29, 0.717) is 19.1 Å². The minimum absolute atomic E-state index is 0.142. The molecule has 0 unspecified atom stereocenters. The van der Waals surface area contributed by atoms with Crippen LogP contribution >= 0.6 is 0 Å². The van der Waals surface area contributed by atoms with E-state index in [0.717, 1.165) is 45.7 Å². The maximum absolute atomic E-state index is 12.3. The Labute approximate surface area is 109 Å². The molecule has 0 aromatic heterocycles. The lowest BCUT2D eigenvalue weighted by Crippen LogP contribution is -2.52. The molecule has 2 fully saturated rings. The van der Waals surface area contributed by atoms with Crippen molar-refractivity contribution >= 4 is 5.91 Å². The normalized spacial score (nSPS) is 29.3. The van der Waals surface area contributed by atoms with E-state index >= 15 is 0 Å². The average molecular weight is 256 g/mol. The van der Waals surface area contributed by atoms with Crippen LogP contribution in [0.3, 0.4) is 0 Å². The van der Waals surface area contributed by atoms with Gasteiger partial charge in [-0.25, -0.2) is 0 Å². The van der Waals surface area contributed by atoms with E-state index in [1.807, 2.05) is 11.8 Å². The Morgan fingerprint density at radius 2 is 2.44 bits per heavy atom. The van der Waals surface area contributed by atoms with Gasteiger partial charge in [0.15, 0.2) is 0 Å². The van der Waals surface area contributed by atoms with Crippen molar-refractivity contribution in [1.82, 2.24) is 10.2 Å². The van der Waals surface area contributed by atoms with Crippen molar-refractivity contribution in [2.45, 2.75) is 25.9 Å². The Morgan fingerprint density at radius 3 is 3.17 bits per heavy atom. The Kier molecular flexibility index (Phi) is 5.41. The largest absolute Gasteiger partial charge is 0.381 e. The maximum atomic E-state index is 12.3. The van der Waals surface area contributed by atoms with Gasteiger partial charge in [0.25, 0.3) is 5.91 Å². The zero-order chi connectivity index (χ0) is 12.8. The fourth-order valence-electron chi connectivity index (χ4n) is 2.61. The summed E-state index contributed by atoms with van der Waals surface area (Å²) < 4.78 is 11.0. The molecule has 1 N–H and O–H groups in total. The molecule has 1 amide bonds. The lowest BCUT2D eigenvalue weighted by Gasteiger charge is -2.35. The number of likely N-dealkylation sites (tertiary alicyclic amines) is 1. The molecule has 0 saturated carbocycles. The first-order chi connectivity index (χ1) is 8.81. The number of carbonyl (C=O) groups excluding carboxylic acids is 1. The van der Waals surface area contributed by atoms with Gasteiger partial charge in [-0.1, -0.05) is 0 Å². The van der Waals surface area contributed by atoms with Crippen LogP contribution in [0.4, 0.5) is 0 Å². The first-order valence-corrected chi connectivity index (χ1v) is 7.00. The van der Waals surface area contributed by atoms with Gasteiger partial charge in [0.05, 0.1) is 13.2 Å². The van der Waals surface area contributed by atoms with Crippen LogP contribution < -0.4 is 5.32 Å². The van der Waals surface area contributed by atoms with E-state index in [1.54, 1.807) is 0 Å². The fraction of sp³-hybridized carbons (Fsp3) is 0.923. The molecule has 2 rings (SSSR count). The van der Waals surface area contributed by atoms with Crippen molar-refractivity contribution in [2.24, 2.45) is 5.92 Å². The highest BCUT2D eigenvalue weighted by atomic mass is 16.5. The van der Waals surface area contributed by atoms with E-state index < -0.39 is 0 Å². The summed E-state index contributed by atoms with van der Waals surface area (Å²) in [6, 6.07) is 0. The molecule has 0 radical (unpaired) electrons. The molecule has 104 valence electrons. The highest BCUT2D eigenvalue weighted by Gasteiger charge is 2.30. The molecular formula is C13H24N2O3. The van der Waals surface area contributed by atoms with Crippen LogP contribution in [0.15, 0.2) is 0 Å². The van der Waals surface area contributed by atoms with Gasteiger partial charge >= 0.3 is 0 Å². The molecule has 5 heteroatoms. The van der Waals surface area contributed by atoms with E-state index in [4.69, 9.17) is 9.47 Å². The van der Waals surface area contributed by atoms with Crippen LogP contribution in [-0.4, -0.2) is 62.9 Å². The van der Waals surface area contributed by atoms with Crippen LogP contribution in [0.2, 0.25) is 0 Å². The summed E-state index contributed by atoms with van der Waals surface area (Å²) in [5, 5.41) is 3.20. The van der Waals surface area contributed by atoms with Gasteiger partial charge in [-0.15, -0.1) is 0 Å². The number of amides is 1. The maximum Gasteiger partial charge on any atom is 0.253 e. The van der Waals surface area contributed by atoms with Crippen LogP contribution in [0, 0.1) is 5.92 Å². The lowest BCUT2D eigenvalue weighted by atomic mass is 9.98. The number of nitrogens with one attached hydrogen (secondary N) is 1. The van der Waals surface area contributed by atoms with Gasteiger partial charge in [-0.2, -0.15) is 0 Å². The minimum Gasteiger partial charge on any atom is -0.381 e. The number of nitrogens with zero attached hydrogens (tertiary/aromatic N) is 1. The number of ether oxygens (including phenoxy) is 2. The Balaban J connectivity index is 1.81.